The maximum Gasteiger partial charge on any atom is 0.327 e. The Kier molecular flexibility index (Phi) is 5.48. The topological polar surface area (TPSA) is 100 Å². The van der Waals surface area contributed by atoms with Gasteiger partial charge >= 0.3 is 6.03 Å². The van der Waals surface area contributed by atoms with Crippen LogP contribution in [0.4, 0.5) is 4.79 Å². The molecule has 2 fully saturated rings. The first-order valence-corrected chi connectivity index (χ1v) is 11.5. The molecule has 1 unspecified atom stereocenters. The van der Waals surface area contributed by atoms with Crippen molar-refractivity contribution in [3.05, 3.63) is 36.5 Å². The number of imide groups is 1. The lowest BCUT2D eigenvalue weighted by atomic mass is 9.93. The van der Waals surface area contributed by atoms with E-state index in [-0.39, 0.29) is 37.7 Å². The molecule has 10 heteroatoms. The first-order chi connectivity index (χ1) is 14.7. The number of fused-ring (bicyclic) bond motifs is 2. The normalized spacial score (nSPS) is 22.1. The van der Waals surface area contributed by atoms with Gasteiger partial charge in [0.05, 0.1) is 18.7 Å². The molecule has 0 bridgehead atoms. The van der Waals surface area contributed by atoms with E-state index in [1.165, 1.54) is 22.4 Å². The number of amides is 3. The number of hydrogen-bond donors (Lipinski definition) is 0. The van der Waals surface area contributed by atoms with Gasteiger partial charge in [0.2, 0.25) is 10.0 Å². The Hall–Kier alpha value is -2.56. The fourth-order valence-corrected chi connectivity index (χ4v) is 6.09. The summed E-state index contributed by atoms with van der Waals surface area (Å²) in [5, 5.41) is 0.720. The van der Waals surface area contributed by atoms with Gasteiger partial charge in [-0.1, -0.05) is 32.0 Å². The molecule has 1 aromatic carbocycles. The van der Waals surface area contributed by atoms with E-state index >= 15 is 0 Å². The van der Waals surface area contributed by atoms with Crippen molar-refractivity contribution in [2.45, 2.75) is 24.8 Å². The van der Waals surface area contributed by atoms with Gasteiger partial charge in [-0.3, -0.25) is 14.7 Å². The Balaban J connectivity index is 1.74. The summed E-state index contributed by atoms with van der Waals surface area (Å²) in [5.74, 6) is -0.393. The van der Waals surface area contributed by atoms with Crippen LogP contribution in [0.5, 0.6) is 0 Å². The summed E-state index contributed by atoms with van der Waals surface area (Å²) in [5.41, 5.74) is -0.160. The summed E-state index contributed by atoms with van der Waals surface area (Å²) in [7, 11) is -2.46. The summed E-state index contributed by atoms with van der Waals surface area (Å²) in [6.07, 6.45) is 1.56. The van der Waals surface area contributed by atoms with Gasteiger partial charge in [0.25, 0.3) is 5.91 Å². The van der Waals surface area contributed by atoms with Crippen LogP contribution >= 0.6 is 0 Å². The van der Waals surface area contributed by atoms with Crippen LogP contribution in [-0.2, 0) is 19.6 Å². The maximum absolute atomic E-state index is 13.7. The van der Waals surface area contributed by atoms with E-state index in [0.29, 0.717) is 5.52 Å². The molecular weight excluding hydrogens is 420 g/mol. The van der Waals surface area contributed by atoms with Gasteiger partial charge in [-0.05, 0) is 17.5 Å². The highest BCUT2D eigenvalue weighted by Crippen LogP contribution is 2.33. The number of carbonyl (C=O) groups excluding carboxylic acids is 2. The molecule has 2 aliphatic heterocycles. The molecular formula is C21H26N4O5S. The van der Waals surface area contributed by atoms with Crippen molar-refractivity contribution in [3.63, 3.8) is 0 Å². The lowest BCUT2D eigenvalue weighted by molar-refractivity contribution is -0.128. The average molecular weight is 447 g/mol. The Bertz CT molecular complexity index is 1130. The van der Waals surface area contributed by atoms with Gasteiger partial charge in [-0.25, -0.2) is 13.2 Å². The zero-order valence-electron chi connectivity index (χ0n) is 17.8. The van der Waals surface area contributed by atoms with Crippen molar-refractivity contribution in [3.8, 4) is 0 Å². The third kappa shape index (κ3) is 3.79. The molecule has 2 saturated heterocycles. The molecule has 0 aliphatic carbocycles. The highest BCUT2D eigenvalue weighted by atomic mass is 32.2. The highest BCUT2D eigenvalue weighted by Gasteiger charge is 2.51. The van der Waals surface area contributed by atoms with Crippen LogP contribution in [0.25, 0.3) is 10.9 Å². The molecule has 4 rings (SSSR count). The van der Waals surface area contributed by atoms with Crippen molar-refractivity contribution in [2.75, 3.05) is 39.9 Å². The first-order valence-electron chi connectivity index (χ1n) is 10.1. The van der Waals surface area contributed by atoms with Crippen LogP contribution in [0.3, 0.4) is 0 Å². The van der Waals surface area contributed by atoms with E-state index in [2.05, 4.69) is 4.98 Å². The van der Waals surface area contributed by atoms with Gasteiger partial charge in [-0.15, -0.1) is 0 Å². The van der Waals surface area contributed by atoms with Crippen molar-refractivity contribution >= 4 is 32.9 Å². The lowest BCUT2D eigenvalue weighted by Gasteiger charge is -2.30. The molecule has 0 N–H and O–H groups in total. The Morgan fingerprint density at radius 1 is 1.16 bits per heavy atom. The average Bonchev–Trinajstić information content (AvgIpc) is 2.86. The minimum Gasteiger partial charge on any atom is -0.383 e. The summed E-state index contributed by atoms with van der Waals surface area (Å²) in [6.45, 7) is 4.54. The fraction of sp³-hybridized carbons (Fsp3) is 0.476. The minimum absolute atomic E-state index is 0.0942. The second kappa shape index (κ2) is 7.85. The maximum atomic E-state index is 13.7. The highest BCUT2D eigenvalue weighted by molar-refractivity contribution is 7.89. The molecule has 0 radical (unpaired) electrons. The molecule has 31 heavy (non-hydrogen) atoms. The summed E-state index contributed by atoms with van der Waals surface area (Å²) >= 11 is 0. The fourth-order valence-electron chi connectivity index (χ4n) is 4.29. The van der Waals surface area contributed by atoms with E-state index in [1.807, 2.05) is 26.0 Å². The largest absolute Gasteiger partial charge is 0.383 e. The van der Waals surface area contributed by atoms with Crippen LogP contribution < -0.4 is 0 Å². The molecule has 3 amide bonds. The standard InChI is InChI=1S/C21H26N4O5S/c1-21(2)13-23(12-16-19(26)24(10-11-30-3)20(27)25(16)14-21)31(28,29)17-8-4-6-15-7-5-9-22-18(15)17/h4-9,16H,10-14H2,1-3H3. The van der Waals surface area contributed by atoms with E-state index in [0.717, 1.165) is 10.3 Å². The zero-order valence-corrected chi connectivity index (χ0v) is 18.6. The summed E-state index contributed by atoms with van der Waals surface area (Å²) in [6, 6.07) is 7.33. The van der Waals surface area contributed by atoms with Crippen LogP contribution in [0.15, 0.2) is 41.4 Å². The molecule has 9 nitrogen and oxygen atoms in total. The molecule has 1 atom stereocenters. The number of methoxy groups -OCH3 is 1. The zero-order chi connectivity index (χ0) is 22.4. The van der Waals surface area contributed by atoms with Crippen molar-refractivity contribution in [2.24, 2.45) is 5.41 Å². The SMILES string of the molecule is COCCN1C(=O)C2CN(S(=O)(=O)c3cccc4cccnc34)CC(C)(C)CN2C1=O. The molecule has 0 saturated carbocycles. The number of nitrogens with zero attached hydrogens (tertiary/aromatic N) is 4. The number of rotatable bonds is 5. The van der Waals surface area contributed by atoms with E-state index < -0.39 is 33.4 Å². The van der Waals surface area contributed by atoms with E-state index in [4.69, 9.17) is 4.74 Å². The van der Waals surface area contributed by atoms with E-state index in [1.54, 1.807) is 18.3 Å². The van der Waals surface area contributed by atoms with Gasteiger partial charge in [-0.2, -0.15) is 4.31 Å². The van der Waals surface area contributed by atoms with Crippen LogP contribution in [0.1, 0.15) is 13.8 Å². The van der Waals surface area contributed by atoms with Crippen molar-refractivity contribution in [1.82, 2.24) is 19.1 Å². The quantitative estimate of drug-likeness (QED) is 0.646. The van der Waals surface area contributed by atoms with Gasteiger partial charge in [0, 0.05) is 38.3 Å². The molecule has 3 heterocycles. The number of para-hydroxylation sites is 1. The predicted octanol–water partition coefficient (Wildman–Crippen LogP) is 1.54. The number of benzene rings is 1. The van der Waals surface area contributed by atoms with Gasteiger partial charge in [0.15, 0.2) is 0 Å². The summed E-state index contributed by atoms with van der Waals surface area (Å²) < 4.78 is 33.8. The predicted molar refractivity (Wildman–Crippen MR) is 114 cm³/mol. The Morgan fingerprint density at radius 2 is 1.90 bits per heavy atom. The lowest BCUT2D eigenvalue weighted by Crippen LogP contribution is -2.44. The van der Waals surface area contributed by atoms with Gasteiger partial charge in [0.1, 0.15) is 10.9 Å². The summed E-state index contributed by atoms with van der Waals surface area (Å²) in [4.78, 5) is 32.9. The number of ether oxygens (including phenoxy) is 1. The third-order valence-corrected chi connectivity index (χ3v) is 7.56. The molecule has 0 spiro atoms. The van der Waals surface area contributed by atoms with E-state index in [9.17, 15) is 18.0 Å². The van der Waals surface area contributed by atoms with Crippen LogP contribution in [-0.4, -0.2) is 85.4 Å². The second-order valence-corrected chi connectivity index (χ2v) is 10.6. The minimum atomic E-state index is -3.96. The number of sulfonamides is 1. The number of aromatic nitrogens is 1. The third-order valence-electron chi connectivity index (χ3n) is 5.72. The molecule has 166 valence electrons. The number of pyridine rings is 1. The van der Waals surface area contributed by atoms with Gasteiger partial charge < -0.3 is 9.64 Å². The molecule has 2 aromatic rings. The Morgan fingerprint density at radius 3 is 2.65 bits per heavy atom. The molecule has 2 aliphatic rings. The second-order valence-electron chi connectivity index (χ2n) is 8.70. The smallest absolute Gasteiger partial charge is 0.327 e. The number of hydrogen-bond acceptors (Lipinski definition) is 6. The van der Waals surface area contributed by atoms with Crippen molar-refractivity contribution < 1.29 is 22.7 Å². The monoisotopic (exact) mass is 446 g/mol. The number of carbonyl (C=O) groups is 2. The van der Waals surface area contributed by atoms with Crippen LogP contribution in [0, 0.1) is 5.41 Å². The first kappa shape index (κ1) is 21.7. The number of urea groups is 1. The molecule has 1 aromatic heterocycles. The van der Waals surface area contributed by atoms with Crippen LogP contribution in [0.2, 0.25) is 0 Å². The van der Waals surface area contributed by atoms with Crippen molar-refractivity contribution in [1.29, 1.82) is 0 Å². The Labute approximate surface area is 181 Å².